The van der Waals surface area contributed by atoms with Crippen LogP contribution in [0.5, 0.6) is 0 Å². The SMILES string of the molecule is COC(=O)C1CCCCN1C(=O)[C@@H](N)CCSC. The van der Waals surface area contributed by atoms with E-state index >= 15 is 0 Å². The summed E-state index contributed by atoms with van der Waals surface area (Å²) in [5.74, 6) is 0.392. The molecule has 0 aromatic heterocycles. The number of amides is 1. The highest BCUT2D eigenvalue weighted by atomic mass is 32.2. The largest absolute Gasteiger partial charge is 0.467 e. The van der Waals surface area contributed by atoms with Gasteiger partial charge in [0, 0.05) is 6.54 Å². The number of hydrogen-bond donors (Lipinski definition) is 1. The van der Waals surface area contributed by atoms with Gasteiger partial charge in [0.05, 0.1) is 13.2 Å². The first kappa shape index (κ1) is 15.3. The van der Waals surface area contributed by atoms with Gasteiger partial charge in [-0.2, -0.15) is 11.8 Å². The molecule has 5 nitrogen and oxygen atoms in total. The first-order valence-electron chi connectivity index (χ1n) is 6.24. The highest BCUT2D eigenvalue weighted by molar-refractivity contribution is 7.98. The van der Waals surface area contributed by atoms with Crippen LogP contribution in [-0.2, 0) is 14.3 Å². The molecule has 0 aliphatic carbocycles. The van der Waals surface area contributed by atoms with Crippen molar-refractivity contribution in [2.75, 3.05) is 25.7 Å². The molecule has 0 aromatic carbocycles. The van der Waals surface area contributed by atoms with Crippen LogP contribution in [0.2, 0.25) is 0 Å². The normalized spacial score (nSPS) is 21.5. The van der Waals surface area contributed by atoms with Crippen LogP contribution >= 0.6 is 11.8 Å². The molecule has 0 radical (unpaired) electrons. The molecule has 2 atom stereocenters. The Morgan fingerprint density at radius 2 is 2.22 bits per heavy atom. The number of nitrogens with two attached hydrogens (primary N) is 1. The first-order valence-corrected chi connectivity index (χ1v) is 7.64. The summed E-state index contributed by atoms with van der Waals surface area (Å²) in [5, 5.41) is 0. The molecule has 1 saturated heterocycles. The maximum atomic E-state index is 12.2. The number of piperidine rings is 1. The molecular formula is C12H22N2O3S. The molecule has 1 heterocycles. The molecule has 1 fully saturated rings. The number of rotatable bonds is 5. The minimum atomic E-state index is -0.511. The van der Waals surface area contributed by atoms with E-state index < -0.39 is 12.1 Å². The lowest BCUT2D eigenvalue weighted by Crippen LogP contribution is -2.53. The molecule has 1 aliphatic heterocycles. The fourth-order valence-corrected chi connectivity index (χ4v) is 2.65. The van der Waals surface area contributed by atoms with Crippen molar-refractivity contribution in [3.63, 3.8) is 0 Å². The van der Waals surface area contributed by atoms with Crippen molar-refractivity contribution in [1.29, 1.82) is 0 Å². The van der Waals surface area contributed by atoms with Gasteiger partial charge in [-0.3, -0.25) is 4.79 Å². The van der Waals surface area contributed by atoms with Crippen LogP contribution in [0.1, 0.15) is 25.7 Å². The molecular weight excluding hydrogens is 252 g/mol. The van der Waals surface area contributed by atoms with Gasteiger partial charge in [-0.15, -0.1) is 0 Å². The minimum Gasteiger partial charge on any atom is -0.467 e. The molecule has 2 N–H and O–H groups in total. The Hall–Kier alpha value is -0.750. The van der Waals surface area contributed by atoms with Gasteiger partial charge in [-0.05, 0) is 37.7 Å². The second kappa shape index (κ2) is 7.63. The van der Waals surface area contributed by atoms with E-state index in [4.69, 9.17) is 10.5 Å². The quantitative estimate of drug-likeness (QED) is 0.744. The van der Waals surface area contributed by atoms with Gasteiger partial charge >= 0.3 is 5.97 Å². The van der Waals surface area contributed by atoms with E-state index in [2.05, 4.69) is 0 Å². The number of hydrogen-bond acceptors (Lipinski definition) is 5. The summed E-state index contributed by atoms with van der Waals surface area (Å²) in [6, 6.07) is -0.959. The predicted octanol–water partition coefficient (Wildman–Crippen LogP) is 0.621. The zero-order valence-electron chi connectivity index (χ0n) is 11.1. The van der Waals surface area contributed by atoms with Crippen molar-refractivity contribution in [1.82, 2.24) is 4.90 Å². The lowest BCUT2D eigenvalue weighted by Gasteiger charge is -2.35. The number of likely N-dealkylation sites (tertiary alicyclic amines) is 1. The lowest BCUT2D eigenvalue weighted by molar-refractivity contribution is -0.155. The van der Waals surface area contributed by atoms with Gasteiger partial charge in [0.25, 0.3) is 0 Å². The van der Waals surface area contributed by atoms with Crippen LogP contribution in [0.25, 0.3) is 0 Å². The maximum Gasteiger partial charge on any atom is 0.328 e. The van der Waals surface area contributed by atoms with Crippen LogP contribution in [0, 0.1) is 0 Å². The van der Waals surface area contributed by atoms with E-state index in [0.717, 1.165) is 18.6 Å². The molecule has 0 spiro atoms. The molecule has 1 rings (SSSR count). The van der Waals surface area contributed by atoms with E-state index in [9.17, 15) is 9.59 Å². The van der Waals surface area contributed by atoms with Gasteiger partial charge < -0.3 is 15.4 Å². The van der Waals surface area contributed by atoms with E-state index in [1.165, 1.54) is 7.11 Å². The standard InChI is InChI=1S/C12H22N2O3S/c1-17-12(16)10-5-3-4-7-14(10)11(15)9(13)6-8-18-2/h9-10H,3-8,13H2,1-2H3/t9-,10?/m0/s1. The maximum absolute atomic E-state index is 12.2. The number of carbonyl (C=O) groups is 2. The van der Waals surface area contributed by atoms with Gasteiger partial charge in [-0.25, -0.2) is 4.79 Å². The summed E-state index contributed by atoms with van der Waals surface area (Å²) < 4.78 is 4.75. The summed E-state index contributed by atoms with van der Waals surface area (Å²) in [4.78, 5) is 25.5. The van der Waals surface area contributed by atoms with E-state index in [0.29, 0.717) is 19.4 Å². The molecule has 18 heavy (non-hydrogen) atoms. The smallest absolute Gasteiger partial charge is 0.328 e. The molecule has 0 saturated carbocycles. The Balaban J connectivity index is 2.64. The van der Waals surface area contributed by atoms with Crippen molar-refractivity contribution < 1.29 is 14.3 Å². The Labute approximate surface area is 112 Å². The third kappa shape index (κ3) is 3.88. The second-order valence-electron chi connectivity index (χ2n) is 4.45. The van der Waals surface area contributed by atoms with Crippen LogP contribution in [0.15, 0.2) is 0 Å². The third-order valence-corrected chi connectivity index (χ3v) is 3.85. The number of esters is 1. The Morgan fingerprint density at radius 1 is 1.50 bits per heavy atom. The average Bonchev–Trinajstić information content (AvgIpc) is 2.43. The van der Waals surface area contributed by atoms with Crippen LogP contribution in [-0.4, -0.2) is 54.5 Å². The van der Waals surface area contributed by atoms with Crippen molar-refractivity contribution in [3.05, 3.63) is 0 Å². The summed E-state index contributed by atoms with van der Waals surface area (Å²) in [6.45, 7) is 0.603. The fraction of sp³-hybridized carbons (Fsp3) is 0.833. The Kier molecular flexibility index (Phi) is 6.49. The number of thioether (sulfide) groups is 1. The summed E-state index contributed by atoms with van der Waals surface area (Å²) in [7, 11) is 1.35. The van der Waals surface area contributed by atoms with Crippen LogP contribution in [0.3, 0.4) is 0 Å². The van der Waals surface area contributed by atoms with Crippen LogP contribution in [0.4, 0.5) is 0 Å². The molecule has 104 valence electrons. The zero-order valence-corrected chi connectivity index (χ0v) is 11.9. The minimum absolute atomic E-state index is 0.126. The number of nitrogens with zero attached hydrogens (tertiary/aromatic N) is 1. The zero-order chi connectivity index (χ0) is 13.5. The van der Waals surface area contributed by atoms with Crippen molar-refractivity contribution in [2.24, 2.45) is 5.73 Å². The number of ether oxygens (including phenoxy) is 1. The number of carbonyl (C=O) groups excluding carboxylic acids is 2. The van der Waals surface area contributed by atoms with E-state index in [1.54, 1.807) is 16.7 Å². The van der Waals surface area contributed by atoms with Gasteiger partial charge in [-0.1, -0.05) is 0 Å². The molecule has 0 bridgehead atoms. The Morgan fingerprint density at radius 3 is 2.83 bits per heavy atom. The van der Waals surface area contributed by atoms with Gasteiger partial charge in [0.15, 0.2) is 0 Å². The average molecular weight is 274 g/mol. The lowest BCUT2D eigenvalue weighted by atomic mass is 10.0. The van der Waals surface area contributed by atoms with Gasteiger partial charge in [0.2, 0.25) is 5.91 Å². The van der Waals surface area contributed by atoms with Crippen LogP contribution < -0.4 is 5.73 Å². The molecule has 1 amide bonds. The fourth-order valence-electron chi connectivity index (χ4n) is 2.16. The highest BCUT2D eigenvalue weighted by Crippen LogP contribution is 2.19. The molecule has 1 aliphatic rings. The summed E-state index contributed by atoms with van der Waals surface area (Å²) in [5.41, 5.74) is 5.88. The number of methoxy groups -OCH3 is 1. The monoisotopic (exact) mass is 274 g/mol. The summed E-state index contributed by atoms with van der Waals surface area (Å²) in [6.07, 6.45) is 5.17. The second-order valence-corrected chi connectivity index (χ2v) is 5.44. The van der Waals surface area contributed by atoms with Gasteiger partial charge in [0.1, 0.15) is 6.04 Å². The van der Waals surface area contributed by atoms with E-state index in [1.807, 2.05) is 6.26 Å². The first-order chi connectivity index (χ1) is 8.61. The Bertz CT molecular complexity index is 299. The summed E-state index contributed by atoms with van der Waals surface area (Å²) >= 11 is 1.66. The molecule has 0 aromatic rings. The van der Waals surface area contributed by atoms with Crippen molar-refractivity contribution >= 4 is 23.6 Å². The topological polar surface area (TPSA) is 72.6 Å². The predicted molar refractivity (Wildman–Crippen MR) is 72.3 cm³/mol. The third-order valence-electron chi connectivity index (χ3n) is 3.21. The molecule has 1 unspecified atom stereocenters. The molecule has 6 heteroatoms. The highest BCUT2D eigenvalue weighted by Gasteiger charge is 2.34. The van der Waals surface area contributed by atoms with E-state index in [-0.39, 0.29) is 11.9 Å². The van der Waals surface area contributed by atoms with Crippen molar-refractivity contribution in [2.45, 2.75) is 37.8 Å². The van der Waals surface area contributed by atoms with Crippen molar-refractivity contribution in [3.8, 4) is 0 Å².